The fourth-order valence-electron chi connectivity index (χ4n) is 1.37. The van der Waals surface area contributed by atoms with Gasteiger partial charge in [0.1, 0.15) is 5.75 Å². The number of hydrogen-bond acceptors (Lipinski definition) is 4. The summed E-state index contributed by atoms with van der Waals surface area (Å²) in [5.74, 6) is -1.43. The molecule has 0 N–H and O–H groups in total. The molecule has 0 saturated carbocycles. The summed E-state index contributed by atoms with van der Waals surface area (Å²) in [4.78, 5) is 11.0. The Hall–Kier alpha value is -2.38. The lowest BCUT2D eigenvalue weighted by Gasteiger charge is -2.02. The number of hydrogen-bond donors (Lipinski definition) is 0. The first-order valence-electron chi connectivity index (χ1n) is 5.10. The predicted molar refractivity (Wildman–Crippen MR) is 58.3 cm³/mol. The number of carbonyl (C=O) groups excluding carboxylic acids is 1. The molecule has 100 valence electrons. The standard InChI is InChI=1S/C11H8F3N3O2/c1-19-8-4-2-7(3-5-8)17-6-9(15-16-17)10(18)11(12,13)14/h2-6H,1H3. The Morgan fingerprint density at radius 2 is 1.89 bits per heavy atom. The van der Waals surface area contributed by atoms with Crippen molar-refractivity contribution in [3.05, 3.63) is 36.2 Å². The summed E-state index contributed by atoms with van der Waals surface area (Å²) in [6, 6.07) is 6.38. The lowest BCUT2D eigenvalue weighted by atomic mass is 10.3. The second kappa shape index (κ2) is 4.71. The molecular formula is C11H8F3N3O2. The zero-order valence-electron chi connectivity index (χ0n) is 9.68. The number of rotatable bonds is 3. The molecule has 0 fully saturated rings. The first-order valence-corrected chi connectivity index (χ1v) is 5.10. The van der Waals surface area contributed by atoms with Gasteiger partial charge in [-0.1, -0.05) is 5.21 Å². The number of methoxy groups -OCH3 is 1. The molecule has 0 atom stereocenters. The van der Waals surface area contributed by atoms with Crippen LogP contribution in [0.3, 0.4) is 0 Å². The molecule has 0 amide bonds. The summed E-state index contributed by atoms with van der Waals surface area (Å²) < 4.78 is 42.6. The Kier molecular flexibility index (Phi) is 3.24. The molecule has 0 radical (unpaired) electrons. The van der Waals surface area contributed by atoms with Gasteiger partial charge in [-0.15, -0.1) is 5.10 Å². The number of Topliss-reactive ketones (excluding diaryl/α,β-unsaturated/α-hetero) is 1. The average molecular weight is 271 g/mol. The van der Waals surface area contributed by atoms with Crippen LogP contribution in [0.4, 0.5) is 13.2 Å². The van der Waals surface area contributed by atoms with Gasteiger partial charge in [0, 0.05) is 0 Å². The second-order valence-electron chi connectivity index (χ2n) is 3.57. The maximum absolute atomic E-state index is 12.2. The molecule has 0 bridgehead atoms. The van der Waals surface area contributed by atoms with Crippen molar-refractivity contribution in [3.8, 4) is 11.4 Å². The number of halogens is 3. The topological polar surface area (TPSA) is 57.0 Å². The van der Waals surface area contributed by atoms with Crippen LogP contribution < -0.4 is 4.74 Å². The van der Waals surface area contributed by atoms with Crippen LogP contribution >= 0.6 is 0 Å². The lowest BCUT2D eigenvalue weighted by Crippen LogP contribution is -2.23. The van der Waals surface area contributed by atoms with Gasteiger partial charge in [-0.25, -0.2) is 4.68 Å². The van der Waals surface area contributed by atoms with Gasteiger partial charge in [0.15, 0.2) is 5.69 Å². The van der Waals surface area contributed by atoms with Gasteiger partial charge < -0.3 is 4.74 Å². The fraction of sp³-hybridized carbons (Fsp3) is 0.182. The average Bonchev–Trinajstić information content (AvgIpc) is 2.86. The molecule has 1 aromatic heterocycles. The van der Waals surface area contributed by atoms with Gasteiger partial charge in [-0.05, 0) is 24.3 Å². The van der Waals surface area contributed by atoms with Crippen LogP contribution in [0.5, 0.6) is 5.75 Å². The maximum atomic E-state index is 12.2. The number of carbonyl (C=O) groups is 1. The van der Waals surface area contributed by atoms with E-state index in [1.165, 1.54) is 7.11 Å². The van der Waals surface area contributed by atoms with Crippen molar-refractivity contribution in [2.45, 2.75) is 6.18 Å². The highest BCUT2D eigenvalue weighted by atomic mass is 19.4. The van der Waals surface area contributed by atoms with E-state index in [0.717, 1.165) is 10.9 Å². The van der Waals surface area contributed by atoms with E-state index in [0.29, 0.717) is 11.4 Å². The van der Waals surface area contributed by atoms with E-state index in [2.05, 4.69) is 10.3 Å². The highest BCUT2D eigenvalue weighted by Crippen LogP contribution is 2.21. The van der Waals surface area contributed by atoms with Crippen molar-refractivity contribution in [1.29, 1.82) is 0 Å². The normalized spacial score (nSPS) is 11.4. The van der Waals surface area contributed by atoms with E-state index in [1.54, 1.807) is 24.3 Å². The van der Waals surface area contributed by atoms with Gasteiger partial charge in [-0.3, -0.25) is 4.79 Å². The molecule has 0 aliphatic rings. The van der Waals surface area contributed by atoms with Gasteiger partial charge in [0.05, 0.1) is 19.0 Å². The number of nitrogens with zero attached hydrogens (tertiary/aromatic N) is 3. The van der Waals surface area contributed by atoms with Crippen molar-refractivity contribution in [2.24, 2.45) is 0 Å². The summed E-state index contributed by atoms with van der Waals surface area (Å²) in [6.45, 7) is 0. The molecule has 1 heterocycles. The molecule has 0 spiro atoms. The van der Waals surface area contributed by atoms with Crippen LogP contribution in [0.25, 0.3) is 5.69 Å². The molecule has 1 aromatic carbocycles. The van der Waals surface area contributed by atoms with E-state index in [-0.39, 0.29) is 0 Å². The Labute approximate surface area is 105 Å². The predicted octanol–water partition coefficient (Wildman–Crippen LogP) is 2.02. The minimum atomic E-state index is -4.96. The summed E-state index contributed by atoms with van der Waals surface area (Å²) >= 11 is 0. The first kappa shape index (κ1) is 13.1. The molecule has 0 unspecified atom stereocenters. The van der Waals surface area contributed by atoms with Crippen LogP contribution in [0, 0.1) is 0 Å². The zero-order chi connectivity index (χ0) is 14.0. The number of ketones is 1. The number of benzene rings is 1. The van der Waals surface area contributed by atoms with Crippen LogP contribution in [0.2, 0.25) is 0 Å². The third-order valence-corrected chi connectivity index (χ3v) is 2.32. The van der Waals surface area contributed by atoms with Crippen LogP contribution in [0.15, 0.2) is 30.5 Å². The summed E-state index contributed by atoms with van der Waals surface area (Å²) in [5, 5.41) is 6.70. The van der Waals surface area contributed by atoms with Gasteiger partial charge in [-0.2, -0.15) is 13.2 Å². The summed E-state index contributed by atoms with van der Waals surface area (Å²) in [5.41, 5.74) is -0.280. The molecule has 5 nitrogen and oxygen atoms in total. The maximum Gasteiger partial charge on any atom is 0.456 e. The Bertz CT molecular complexity index is 590. The first-order chi connectivity index (χ1) is 8.91. The van der Waals surface area contributed by atoms with E-state index in [1.807, 2.05) is 0 Å². The molecular weight excluding hydrogens is 263 g/mol. The van der Waals surface area contributed by atoms with Crippen molar-refractivity contribution in [2.75, 3.05) is 7.11 Å². The summed E-state index contributed by atoms with van der Waals surface area (Å²) in [7, 11) is 1.49. The highest BCUT2D eigenvalue weighted by molar-refractivity contribution is 5.98. The molecule has 0 aliphatic heterocycles. The van der Waals surface area contributed by atoms with Crippen molar-refractivity contribution in [1.82, 2.24) is 15.0 Å². The number of aromatic nitrogens is 3. The monoisotopic (exact) mass is 271 g/mol. The van der Waals surface area contributed by atoms with Crippen molar-refractivity contribution < 1.29 is 22.7 Å². The Morgan fingerprint density at radius 3 is 2.42 bits per heavy atom. The molecule has 2 rings (SSSR count). The largest absolute Gasteiger partial charge is 0.497 e. The Balaban J connectivity index is 2.28. The smallest absolute Gasteiger partial charge is 0.456 e. The lowest BCUT2D eigenvalue weighted by molar-refractivity contribution is -0.0888. The molecule has 0 saturated heterocycles. The quantitative estimate of drug-likeness (QED) is 0.801. The number of ether oxygens (including phenoxy) is 1. The molecule has 0 aliphatic carbocycles. The summed E-state index contributed by atoms with van der Waals surface area (Å²) in [6.07, 6.45) is -4.03. The molecule has 19 heavy (non-hydrogen) atoms. The third-order valence-electron chi connectivity index (χ3n) is 2.32. The van der Waals surface area contributed by atoms with E-state index < -0.39 is 17.7 Å². The van der Waals surface area contributed by atoms with E-state index in [9.17, 15) is 18.0 Å². The zero-order valence-corrected chi connectivity index (χ0v) is 9.68. The van der Waals surface area contributed by atoms with Crippen LogP contribution in [-0.2, 0) is 0 Å². The minimum absolute atomic E-state index is 0.467. The Morgan fingerprint density at radius 1 is 1.26 bits per heavy atom. The van der Waals surface area contributed by atoms with Crippen LogP contribution in [0.1, 0.15) is 10.5 Å². The van der Waals surface area contributed by atoms with Gasteiger partial charge in [0.2, 0.25) is 0 Å². The van der Waals surface area contributed by atoms with Crippen molar-refractivity contribution in [3.63, 3.8) is 0 Å². The third kappa shape index (κ3) is 2.72. The molecule has 2 aromatic rings. The minimum Gasteiger partial charge on any atom is -0.497 e. The van der Waals surface area contributed by atoms with Gasteiger partial charge >= 0.3 is 6.18 Å². The fourth-order valence-corrected chi connectivity index (χ4v) is 1.37. The van der Waals surface area contributed by atoms with E-state index >= 15 is 0 Å². The van der Waals surface area contributed by atoms with Gasteiger partial charge in [0.25, 0.3) is 5.78 Å². The van der Waals surface area contributed by atoms with Crippen LogP contribution in [-0.4, -0.2) is 34.1 Å². The highest BCUT2D eigenvalue weighted by Gasteiger charge is 2.41. The van der Waals surface area contributed by atoms with Crippen molar-refractivity contribution >= 4 is 5.78 Å². The second-order valence-corrected chi connectivity index (χ2v) is 3.57. The van der Waals surface area contributed by atoms with E-state index in [4.69, 9.17) is 4.74 Å². The SMILES string of the molecule is COc1ccc(-n2cc(C(=O)C(F)(F)F)nn2)cc1. The number of alkyl halides is 3. The molecule has 8 heteroatoms.